The summed E-state index contributed by atoms with van der Waals surface area (Å²) in [6, 6.07) is 7.80. The topological polar surface area (TPSA) is 88.0 Å². The number of para-hydroxylation sites is 1. The highest BCUT2D eigenvalue weighted by Gasteiger charge is 2.37. The van der Waals surface area contributed by atoms with E-state index in [1.807, 2.05) is 24.3 Å². The van der Waals surface area contributed by atoms with Gasteiger partial charge in [0.05, 0.1) is 43.6 Å². The predicted octanol–water partition coefficient (Wildman–Crippen LogP) is -0.651. The number of hydrogen-bond acceptors (Lipinski definition) is 4. The van der Waals surface area contributed by atoms with Gasteiger partial charge in [-0.25, -0.2) is 8.42 Å². The highest BCUT2D eigenvalue weighted by atomic mass is 32.2. The van der Waals surface area contributed by atoms with Crippen molar-refractivity contribution in [3.8, 4) is 0 Å². The van der Waals surface area contributed by atoms with Crippen LogP contribution in [0.5, 0.6) is 0 Å². The van der Waals surface area contributed by atoms with Gasteiger partial charge in [-0.15, -0.1) is 0 Å². The van der Waals surface area contributed by atoms with Crippen LogP contribution in [-0.2, 0) is 25.8 Å². The third kappa shape index (κ3) is 5.07. The lowest BCUT2D eigenvalue weighted by Gasteiger charge is -2.33. The Morgan fingerprint density at radius 3 is 2.56 bits per heavy atom. The molecule has 2 heterocycles. The Kier molecular flexibility index (Phi) is 6.16. The summed E-state index contributed by atoms with van der Waals surface area (Å²) in [5.41, 5.74) is 1.98. The van der Waals surface area contributed by atoms with E-state index < -0.39 is 9.84 Å². The average molecular weight is 395 g/mol. The maximum Gasteiger partial charge on any atom is 0.279 e. The fraction of sp³-hybridized carbons (Fsp3) is 0.579. The maximum absolute atomic E-state index is 12.5. The molecule has 7 nitrogen and oxygen atoms in total. The quantitative estimate of drug-likeness (QED) is 0.695. The Balaban J connectivity index is 1.46. The number of aryl methyl sites for hydroxylation is 1. The molecular formula is C19H28N3O4S+. The number of nitrogens with one attached hydrogen (secondary N) is 2. The van der Waals surface area contributed by atoms with E-state index in [2.05, 4.69) is 12.2 Å². The van der Waals surface area contributed by atoms with Crippen molar-refractivity contribution < 1.29 is 22.9 Å². The number of sulfone groups is 1. The van der Waals surface area contributed by atoms with Crippen molar-refractivity contribution in [2.24, 2.45) is 5.92 Å². The summed E-state index contributed by atoms with van der Waals surface area (Å²) < 4.78 is 23.2. The van der Waals surface area contributed by atoms with E-state index in [-0.39, 0.29) is 29.2 Å². The molecule has 0 saturated carbocycles. The fourth-order valence-electron chi connectivity index (χ4n) is 3.84. The standard InChI is InChI=1S/C19H27N3O4S/c1-2-15-5-3-4-6-17(15)20-18(23)13-21-8-10-22(11-9-21)19(24)16-7-12-27(25,26)14-16/h3-6,16H,2,7-14H2,1H3,(H,20,23)/p+1/t16-/m1/s1. The minimum Gasteiger partial charge on any atom is -0.331 e. The lowest BCUT2D eigenvalue weighted by molar-refractivity contribution is -0.895. The zero-order valence-electron chi connectivity index (χ0n) is 15.7. The molecule has 0 aliphatic carbocycles. The molecule has 2 aliphatic rings. The second kappa shape index (κ2) is 8.39. The number of quaternary nitrogens is 1. The van der Waals surface area contributed by atoms with Gasteiger partial charge in [0.1, 0.15) is 0 Å². The minimum atomic E-state index is -3.05. The largest absolute Gasteiger partial charge is 0.331 e. The number of anilines is 1. The van der Waals surface area contributed by atoms with E-state index >= 15 is 0 Å². The molecule has 1 atom stereocenters. The average Bonchev–Trinajstić information content (AvgIpc) is 3.02. The molecule has 2 N–H and O–H groups in total. The Labute approximate surface area is 160 Å². The van der Waals surface area contributed by atoms with E-state index in [1.165, 1.54) is 0 Å². The normalized spacial score (nSPS) is 22.6. The lowest BCUT2D eigenvalue weighted by Crippen LogP contribution is -3.15. The first kappa shape index (κ1) is 19.8. The number of carbonyl (C=O) groups is 2. The van der Waals surface area contributed by atoms with Crippen molar-refractivity contribution in [3.63, 3.8) is 0 Å². The van der Waals surface area contributed by atoms with E-state index in [4.69, 9.17) is 0 Å². The molecule has 0 radical (unpaired) electrons. The molecule has 3 rings (SSSR count). The SMILES string of the molecule is CCc1ccccc1NC(=O)C[NH+]1CCN(C(=O)[C@@H]2CCS(=O)(=O)C2)CC1. The Bertz CT molecular complexity index is 801. The molecular weight excluding hydrogens is 366 g/mol. The first-order valence-electron chi connectivity index (χ1n) is 9.58. The van der Waals surface area contributed by atoms with Crippen LogP contribution in [0.2, 0.25) is 0 Å². The number of nitrogens with zero attached hydrogens (tertiary/aromatic N) is 1. The monoisotopic (exact) mass is 394 g/mol. The van der Waals surface area contributed by atoms with Crippen LogP contribution in [-0.4, -0.2) is 69.4 Å². The Hall–Kier alpha value is -1.93. The summed E-state index contributed by atoms with van der Waals surface area (Å²) in [6.07, 6.45) is 1.30. The van der Waals surface area contributed by atoms with E-state index in [0.29, 0.717) is 39.1 Å². The van der Waals surface area contributed by atoms with Gasteiger partial charge in [0.2, 0.25) is 5.91 Å². The summed E-state index contributed by atoms with van der Waals surface area (Å²) in [5.74, 6) is -0.346. The highest BCUT2D eigenvalue weighted by molar-refractivity contribution is 7.91. The maximum atomic E-state index is 12.5. The third-order valence-electron chi connectivity index (χ3n) is 5.45. The fourth-order valence-corrected chi connectivity index (χ4v) is 5.57. The van der Waals surface area contributed by atoms with Crippen molar-refractivity contribution in [2.75, 3.05) is 49.5 Å². The van der Waals surface area contributed by atoms with Crippen molar-refractivity contribution in [1.82, 2.24) is 4.90 Å². The molecule has 1 aromatic rings. The summed E-state index contributed by atoms with van der Waals surface area (Å²) in [6.45, 7) is 4.98. The zero-order chi connectivity index (χ0) is 19.4. The van der Waals surface area contributed by atoms with Gasteiger partial charge in [-0.05, 0) is 24.5 Å². The zero-order valence-corrected chi connectivity index (χ0v) is 16.6. The molecule has 148 valence electrons. The van der Waals surface area contributed by atoms with Crippen molar-refractivity contribution in [1.29, 1.82) is 0 Å². The van der Waals surface area contributed by atoms with Gasteiger partial charge >= 0.3 is 0 Å². The number of rotatable bonds is 5. The predicted molar refractivity (Wildman–Crippen MR) is 103 cm³/mol. The molecule has 0 aromatic heterocycles. The third-order valence-corrected chi connectivity index (χ3v) is 7.21. The van der Waals surface area contributed by atoms with Crippen molar-refractivity contribution >= 4 is 27.3 Å². The van der Waals surface area contributed by atoms with Crippen LogP contribution in [0.25, 0.3) is 0 Å². The molecule has 2 saturated heterocycles. The molecule has 27 heavy (non-hydrogen) atoms. The Morgan fingerprint density at radius 1 is 1.22 bits per heavy atom. The number of amides is 2. The van der Waals surface area contributed by atoms with Gasteiger partial charge in [0.15, 0.2) is 16.4 Å². The van der Waals surface area contributed by atoms with Gasteiger partial charge < -0.3 is 15.1 Å². The first-order chi connectivity index (χ1) is 12.9. The van der Waals surface area contributed by atoms with Crippen LogP contribution in [0.3, 0.4) is 0 Å². The van der Waals surface area contributed by atoms with Crippen LogP contribution in [0, 0.1) is 5.92 Å². The first-order valence-corrected chi connectivity index (χ1v) is 11.4. The molecule has 2 aliphatic heterocycles. The molecule has 0 bridgehead atoms. The summed E-state index contributed by atoms with van der Waals surface area (Å²) in [5, 5.41) is 2.99. The Morgan fingerprint density at radius 2 is 1.93 bits per heavy atom. The minimum absolute atomic E-state index is 0.0157. The number of benzene rings is 1. The molecule has 1 aromatic carbocycles. The smallest absolute Gasteiger partial charge is 0.279 e. The summed E-state index contributed by atoms with van der Waals surface area (Å²) in [7, 11) is -3.05. The second-order valence-electron chi connectivity index (χ2n) is 7.41. The van der Waals surface area contributed by atoms with E-state index in [1.54, 1.807) is 4.90 Å². The molecule has 0 unspecified atom stereocenters. The lowest BCUT2D eigenvalue weighted by atomic mass is 10.1. The second-order valence-corrected chi connectivity index (χ2v) is 9.64. The molecule has 0 spiro atoms. The number of carbonyl (C=O) groups excluding carboxylic acids is 2. The van der Waals surface area contributed by atoms with Crippen LogP contribution < -0.4 is 10.2 Å². The summed E-state index contributed by atoms with van der Waals surface area (Å²) in [4.78, 5) is 27.8. The van der Waals surface area contributed by atoms with Gasteiger partial charge in [0.25, 0.3) is 5.91 Å². The van der Waals surface area contributed by atoms with Gasteiger partial charge in [-0.3, -0.25) is 9.59 Å². The molecule has 2 amide bonds. The van der Waals surface area contributed by atoms with Gasteiger partial charge in [0, 0.05) is 5.69 Å². The van der Waals surface area contributed by atoms with E-state index in [9.17, 15) is 18.0 Å². The van der Waals surface area contributed by atoms with Gasteiger partial charge in [-0.2, -0.15) is 0 Å². The van der Waals surface area contributed by atoms with Crippen LogP contribution in [0.1, 0.15) is 18.9 Å². The highest BCUT2D eigenvalue weighted by Crippen LogP contribution is 2.20. The molecule has 8 heteroatoms. The van der Waals surface area contributed by atoms with Crippen molar-refractivity contribution in [3.05, 3.63) is 29.8 Å². The van der Waals surface area contributed by atoms with Crippen LogP contribution in [0.4, 0.5) is 5.69 Å². The molecule has 2 fully saturated rings. The van der Waals surface area contributed by atoms with E-state index in [0.717, 1.165) is 22.6 Å². The summed E-state index contributed by atoms with van der Waals surface area (Å²) >= 11 is 0. The van der Waals surface area contributed by atoms with Crippen LogP contribution in [0.15, 0.2) is 24.3 Å². The number of piperazine rings is 1. The van der Waals surface area contributed by atoms with Gasteiger partial charge in [-0.1, -0.05) is 25.1 Å². The number of hydrogen-bond donors (Lipinski definition) is 2. The van der Waals surface area contributed by atoms with Crippen molar-refractivity contribution in [2.45, 2.75) is 19.8 Å². The van der Waals surface area contributed by atoms with Crippen LogP contribution >= 0.6 is 0 Å².